The number of hydrogen-bond donors (Lipinski definition) is 0. The maximum atomic E-state index is 13.5. The molecule has 5 aromatic carbocycles. The molecule has 0 aliphatic rings. The van der Waals surface area contributed by atoms with Gasteiger partial charge in [-0.1, -0.05) is 103 Å². The first-order valence-electron chi connectivity index (χ1n) is 13.8. The lowest BCUT2D eigenvalue weighted by atomic mass is 9.97. The van der Waals surface area contributed by atoms with Crippen LogP contribution in [-0.2, 0) is 14.3 Å². The van der Waals surface area contributed by atoms with Crippen LogP contribution in [0.15, 0.2) is 133 Å². The Morgan fingerprint density at radius 1 is 0.512 bits per heavy atom. The average molecular weight is 571 g/mol. The van der Waals surface area contributed by atoms with Gasteiger partial charge in [0.15, 0.2) is 12.2 Å². The van der Waals surface area contributed by atoms with Crippen molar-refractivity contribution in [3.05, 3.63) is 161 Å². The monoisotopic (exact) mass is 570 g/mol. The summed E-state index contributed by atoms with van der Waals surface area (Å²) in [5.41, 5.74) is 5.14. The molecule has 6 nitrogen and oxygen atoms in total. The lowest BCUT2D eigenvalue weighted by Crippen LogP contribution is -2.23. The van der Waals surface area contributed by atoms with E-state index in [0.29, 0.717) is 22.4 Å². The predicted molar refractivity (Wildman–Crippen MR) is 164 cm³/mol. The van der Waals surface area contributed by atoms with Gasteiger partial charge in [0.25, 0.3) is 0 Å². The molecule has 6 heteroatoms. The number of aryl methyl sites for hydroxylation is 1. The molecule has 214 valence electrons. The lowest BCUT2D eigenvalue weighted by Gasteiger charge is -2.28. The Morgan fingerprint density at radius 2 is 0.907 bits per heavy atom. The normalized spacial score (nSPS) is 12.0. The van der Waals surface area contributed by atoms with Crippen LogP contribution in [0.1, 0.15) is 56.5 Å². The minimum Gasteiger partial charge on any atom is -0.450 e. The Bertz CT molecular complexity index is 1680. The summed E-state index contributed by atoms with van der Waals surface area (Å²) in [5.74, 6) is -1.32. The summed E-state index contributed by atoms with van der Waals surface area (Å²) in [4.78, 5) is 38.2. The van der Waals surface area contributed by atoms with Crippen LogP contribution in [0.25, 0.3) is 11.1 Å². The first-order valence-corrected chi connectivity index (χ1v) is 13.8. The maximum Gasteiger partial charge on any atom is 0.338 e. The highest BCUT2D eigenvalue weighted by Crippen LogP contribution is 2.37. The SMILES string of the molecule is CC(=O)Oc1ccc(C(=O)O[C@H](c2ccccc2)[C@H](OC(=O)c2ccc(-c3ccc(C)cc3)cc2)c2ccccc2)cc1. The van der Waals surface area contributed by atoms with Gasteiger partial charge in [-0.2, -0.15) is 0 Å². The molecule has 0 heterocycles. The first kappa shape index (κ1) is 29.0. The quantitative estimate of drug-likeness (QED) is 0.132. The third-order valence-corrected chi connectivity index (χ3v) is 6.86. The maximum absolute atomic E-state index is 13.5. The van der Waals surface area contributed by atoms with Crippen LogP contribution in [-0.4, -0.2) is 17.9 Å². The fraction of sp³-hybridized carbons (Fsp3) is 0.108. The van der Waals surface area contributed by atoms with Crippen molar-refractivity contribution in [3.8, 4) is 16.9 Å². The minimum atomic E-state index is -0.958. The zero-order valence-corrected chi connectivity index (χ0v) is 23.8. The topological polar surface area (TPSA) is 78.9 Å². The lowest BCUT2D eigenvalue weighted by molar-refractivity contribution is -0.131. The van der Waals surface area contributed by atoms with E-state index in [-0.39, 0.29) is 5.56 Å². The van der Waals surface area contributed by atoms with E-state index in [9.17, 15) is 14.4 Å². The average Bonchev–Trinajstić information content (AvgIpc) is 3.04. The fourth-order valence-electron chi connectivity index (χ4n) is 4.63. The van der Waals surface area contributed by atoms with Gasteiger partial charge in [-0.25, -0.2) is 9.59 Å². The number of carbonyl (C=O) groups is 3. The summed E-state index contributed by atoms with van der Waals surface area (Å²) in [6.07, 6.45) is -1.91. The van der Waals surface area contributed by atoms with E-state index in [1.54, 1.807) is 12.1 Å². The molecule has 0 unspecified atom stereocenters. The molecule has 43 heavy (non-hydrogen) atoms. The summed E-state index contributed by atoms with van der Waals surface area (Å²) in [6, 6.07) is 39.8. The van der Waals surface area contributed by atoms with Gasteiger partial charge in [-0.05, 0) is 65.6 Å². The third kappa shape index (κ3) is 7.43. The highest BCUT2D eigenvalue weighted by Gasteiger charge is 2.32. The molecule has 0 N–H and O–H groups in total. The van der Waals surface area contributed by atoms with E-state index in [4.69, 9.17) is 14.2 Å². The number of hydrogen-bond acceptors (Lipinski definition) is 6. The van der Waals surface area contributed by atoms with E-state index >= 15 is 0 Å². The van der Waals surface area contributed by atoms with E-state index in [1.807, 2.05) is 104 Å². The molecule has 0 aliphatic heterocycles. The van der Waals surface area contributed by atoms with Crippen LogP contribution in [0.3, 0.4) is 0 Å². The number of benzene rings is 5. The standard InChI is InChI=1S/C37H30O6/c1-25-13-15-27(16-14-25)28-17-19-31(20-18-28)36(39)42-34(29-9-5-3-6-10-29)35(30-11-7-4-8-12-30)43-37(40)32-21-23-33(24-22-32)41-26(2)38/h3-24,34-35H,1-2H3/t34-,35-/m1/s1. The summed E-state index contributed by atoms with van der Waals surface area (Å²) < 4.78 is 17.3. The summed E-state index contributed by atoms with van der Waals surface area (Å²) >= 11 is 0. The van der Waals surface area contributed by atoms with Crippen molar-refractivity contribution in [2.24, 2.45) is 0 Å². The van der Waals surface area contributed by atoms with Crippen LogP contribution in [0, 0.1) is 6.92 Å². The Morgan fingerprint density at radius 3 is 1.33 bits per heavy atom. The van der Waals surface area contributed by atoms with Crippen molar-refractivity contribution < 1.29 is 28.6 Å². The van der Waals surface area contributed by atoms with Crippen LogP contribution in [0.4, 0.5) is 0 Å². The molecule has 5 rings (SSSR count). The van der Waals surface area contributed by atoms with Crippen LogP contribution >= 0.6 is 0 Å². The van der Waals surface area contributed by atoms with Crippen LogP contribution < -0.4 is 4.74 Å². The summed E-state index contributed by atoms with van der Waals surface area (Å²) in [6.45, 7) is 3.34. The number of carbonyl (C=O) groups excluding carboxylic acids is 3. The second-order valence-electron chi connectivity index (χ2n) is 10.0. The van der Waals surface area contributed by atoms with E-state index in [2.05, 4.69) is 0 Å². The van der Waals surface area contributed by atoms with Gasteiger partial charge in [-0.3, -0.25) is 4.79 Å². The molecule has 5 aromatic rings. The largest absolute Gasteiger partial charge is 0.450 e. The molecule has 0 radical (unpaired) electrons. The van der Waals surface area contributed by atoms with Gasteiger partial charge in [0.2, 0.25) is 0 Å². The molecular formula is C37H30O6. The van der Waals surface area contributed by atoms with Crippen molar-refractivity contribution >= 4 is 17.9 Å². The van der Waals surface area contributed by atoms with Crippen molar-refractivity contribution in [3.63, 3.8) is 0 Å². The van der Waals surface area contributed by atoms with Crippen LogP contribution in [0.2, 0.25) is 0 Å². The highest BCUT2D eigenvalue weighted by atomic mass is 16.6. The summed E-state index contributed by atoms with van der Waals surface area (Å²) in [5, 5.41) is 0. The van der Waals surface area contributed by atoms with Gasteiger partial charge >= 0.3 is 17.9 Å². The first-order chi connectivity index (χ1) is 20.9. The Kier molecular flexibility index (Phi) is 9.08. The van der Waals surface area contributed by atoms with E-state index in [1.165, 1.54) is 36.8 Å². The Hall–Kier alpha value is -5.49. The molecule has 0 fully saturated rings. The molecular weight excluding hydrogens is 540 g/mol. The Labute approximate surface area is 250 Å². The van der Waals surface area contributed by atoms with Gasteiger partial charge in [0.05, 0.1) is 11.1 Å². The van der Waals surface area contributed by atoms with Crippen LogP contribution in [0.5, 0.6) is 5.75 Å². The van der Waals surface area contributed by atoms with E-state index in [0.717, 1.165) is 11.1 Å². The predicted octanol–water partition coefficient (Wildman–Crippen LogP) is 8.08. The fourth-order valence-corrected chi connectivity index (χ4v) is 4.63. The molecule has 0 amide bonds. The highest BCUT2D eigenvalue weighted by molar-refractivity contribution is 5.91. The second kappa shape index (κ2) is 13.4. The van der Waals surface area contributed by atoms with Gasteiger partial charge in [0, 0.05) is 6.92 Å². The van der Waals surface area contributed by atoms with Gasteiger partial charge < -0.3 is 14.2 Å². The molecule has 0 saturated carbocycles. The minimum absolute atomic E-state index is 0.252. The molecule has 2 atom stereocenters. The van der Waals surface area contributed by atoms with E-state index < -0.39 is 30.1 Å². The van der Waals surface area contributed by atoms with Crippen molar-refractivity contribution in [1.29, 1.82) is 0 Å². The zero-order valence-electron chi connectivity index (χ0n) is 23.8. The van der Waals surface area contributed by atoms with Crippen molar-refractivity contribution in [2.45, 2.75) is 26.1 Å². The molecule has 0 spiro atoms. The van der Waals surface area contributed by atoms with Crippen molar-refractivity contribution in [1.82, 2.24) is 0 Å². The number of esters is 3. The zero-order chi connectivity index (χ0) is 30.2. The van der Waals surface area contributed by atoms with Gasteiger partial charge in [-0.15, -0.1) is 0 Å². The number of rotatable bonds is 9. The molecule has 0 aromatic heterocycles. The molecule has 0 bridgehead atoms. The third-order valence-electron chi connectivity index (χ3n) is 6.86. The Balaban J connectivity index is 1.44. The molecule has 0 aliphatic carbocycles. The second-order valence-corrected chi connectivity index (χ2v) is 10.0. The molecule has 0 saturated heterocycles. The summed E-state index contributed by atoms with van der Waals surface area (Å²) in [7, 11) is 0. The van der Waals surface area contributed by atoms with Gasteiger partial charge in [0.1, 0.15) is 5.75 Å². The smallest absolute Gasteiger partial charge is 0.338 e. The number of ether oxygens (including phenoxy) is 3. The van der Waals surface area contributed by atoms with Crippen molar-refractivity contribution in [2.75, 3.05) is 0 Å².